The maximum atomic E-state index is 12.2. The average Bonchev–Trinajstić information content (AvgIpc) is 3.51. The number of hydrogen-bond donors (Lipinski definition) is 1. The van der Waals surface area contributed by atoms with Crippen molar-refractivity contribution >= 4 is 36.4 Å². The number of carbonyl (C=O) groups is 1. The summed E-state index contributed by atoms with van der Waals surface area (Å²) in [7, 11) is 5.46. The molecule has 1 saturated heterocycles. The van der Waals surface area contributed by atoms with E-state index in [2.05, 4.69) is 25.5 Å². The van der Waals surface area contributed by atoms with E-state index >= 15 is 0 Å². The summed E-state index contributed by atoms with van der Waals surface area (Å²) in [6.07, 6.45) is 10.3. The van der Waals surface area contributed by atoms with Gasteiger partial charge in [-0.15, -0.1) is 0 Å². The predicted molar refractivity (Wildman–Crippen MR) is 140 cm³/mol. The third-order valence-corrected chi connectivity index (χ3v) is 6.43. The van der Waals surface area contributed by atoms with E-state index in [-0.39, 0.29) is 11.8 Å². The number of carbonyl (C=O) groups excluding carboxylic acids is 1. The van der Waals surface area contributed by atoms with Crippen LogP contribution in [0.5, 0.6) is 11.5 Å². The van der Waals surface area contributed by atoms with Crippen molar-refractivity contribution in [1.29, 1.82) is 0 Å². The van der Waals surface area contributed by atoms with E-state index < -0.39 is 0 Å². The first-order valence-electron chi connectivity index (χ1n) is 11.9. The van der Waals surface area contributed by atoms with Crippen LogP contribution in [-0.4, -0.2) is 60.9 Å². The zero-order chi connectivity index (χ0) is 25.4. The number of ether oxygens (including phenoxy) is 1. The molecular weight excluding hydrogens is 467 g/mol. The van der Waals surface area contributed by atoms with Gasteiger partial charge in [0, 0.05) is 43.2 Å². The van der Waals surface area contributed by atoms with Gasteiger partial charge in [0.15, 0.2) is 11.5 Å². The lowest BCUT2D eigenvalue weighted by molar-refractivity contribution is -0.130. The molecule has 1 fully saturated rings. The van der Waals surface area contributed by atoms with E-state index in [0.717, 1.165) is 33.7 Å². The second-order valence-electron chi connectivity index (χ2n) is 8.88. The highest BCUT2D eigenvalue weighted by Crippen LogP contribution is 2.35. The summed E-state index contributed by atoms with van der Waals surface area (Å²) in [5, 5.41) is 11.9. The zero-order valence-corrected chi connectivity index (χ0v) is 20.2. The molecule has 0 spiro atoms. The summed E-state index contributed by atoms with van der Waals surface area (Å²) in [5.41, 5.74) is 4.57. The van der Waals surface area contributed by atoms with Gasteiger partial charge in [0.25, 0.3) is 0 Å². The molecule has 0 bridgehead atoms. The molecule has 0 atom stereocenters. The van der Waals surface area contributed by atoms with Crippen molar-refractivity contribution in [2.45, 2.75) is 19.2 Å². The number of fused-ring (bicyclic) bond motifs is 2. The second-order valence-corrected chi connectivity index (χ2v) is 8.88. The molecule has 37 heavy (non-hydrogen) atoms. The molecule has 11 heteroatoms. The minimum atomic E-state index is -0.0148. The van der Waals surface area contributed by atoms with Crippen LogP contribution in [0.3, 0.4) is 0 Å². The second kappa shape index (κ2) is 9.42. The minimum absolute atomic E-state index is 0.0148. The Labute approximate surface area is 214 Å². The van der Waals surface area contributed by atoms with Gasteiger partial charge in [0.05, 0.1) is 7.85 Å². The minimum Gasteiger partial charge on any atom is -0.457 e. The van der Waals surface area contributed by atoms with Gasteiger partial charge in [0.2, 0.25) is 5.91 Å². The molecule has 2 radical (unpaired) electrons. The number of aryl methyl sites for hydroxylation is 1. The number of benzene rings is 1. The van der Waals surface area contributed by atoms with Crippen molar-refractivity contribution in [2.24, 2.45) is 0 Å². The van der Waals surface area contributed by atoms with Crippen LogP contribution in [-0.2, 0) is 4.79 Å². The first-order chi connectivity index (χ1) is 18.1. The number of rotatable bonds is 7. The Morgan fingerprint density at radius 3 is 2.76 bits per heavy atom. The fraction of sp³-hybridized carbons (Fsp3) is 0.192. The van der Waals surface area contributed by atoms with Gasteiger partial charge in [0.1, 0.15) is 29.7 Å². The third kappa shape index (κ3) is 4.39. The van der Waals surface area contributed by atoms with E-state index in [0.29, 0.717) is 31.0 Å². The number of nitrogens with zero attached hydrogens (tertiary/aromatic N) is 7. The Morgan fingerprint density at radius 2 is 1.92 bits per heavy atom. The van der Waals surface area contributed by atoms with Gasteiger partial charge in [-0.25, -0.2) is 19.0 Å². The Hall–Kier alpha value is -4.67. The van der Waals surface area contributed by atoms with Crippen molar-refractivity contribution in [3.8, 4) is 11.5 Å². The molecule has 182 valence electrons. The Bertz CT molecular complexity index is 1640. The highest BCUT2D eigenvalue weighted by Gasteiger charge is 2.33. The number of hydrogen-bond acceptors (Lipinski definition) is 7. The summed E-state index contributed by atoms with van der Waals surface area (Å²) in [6, 6.07) is 11.6. The monoisotopic (exact) mass is 490 g/mol. The molecule has 6 rings (SSSR count). The van der Waals surface area contributed by atoms with Crippen LogP contribution in [0.2, 0.25) is 6.32 Å². The molecule has 10 nitrogen and oxygen atoms in total. The lowest BCUT2D eigenvalue weighted by atomic mass is 9.92. The average molecular weight is 490 g/mol. The standard InChI is InChI=1S/C26H23BN8O2/c1-17-11-19(4-5-22(17)37-20-6-9-34-23(12-20)28-15-30-34)32-26-25-21(7-10-35(25)31-16-29-26)18-13-33(14-18)24(36)3-2-8-27/h2-7,9-12,15-16,18H,8,13-14H2,1H3,(H,29,31,32)/b3-2+. The topological polar surface area (TPSA) is 102 Å². The zero-order valence-electron chi connectivity index (χ0n) is 20.2. The summed E-state index contributed by atoms with van der Waals surface area (Å²) in [4.78, 5) is 22.7. The molecule has 1 aliphatic rings. The molecule has 4 aromatic heterocycles. The number of amides is 1. The molecule has 0 saturated carbocycles. The SMILES string of the molecule is [B]C/C=C/C(=O)N1CC(c2ccn3ncnc(Nc4ccc(Oc5ccn6ncnc6c5)c(C)c4)c23)C1. The van der Waals surface area contributed by atoms with Gasteiger partial charge in [-0.05, 0) is 54.5 Å². The molecule has 1 N–H and O–H groups in total. The van der Waals surface area contributed by atoms with E-state index in [9.17, 15) is 4.79 Å². The molecule has 0 aliphatic carbocycles. The van der Waals surface area contributed by atoms with Gasteiger partial charge < -0.3 is 15.0 Å². The van der Waals surface area contributed by atoms with Gasteiger partial charge in [-0.1, -0.05) is 12.4 Å². The van der Waals surface area contributed by atoms with E-state index in [1.165, 1.54) is 18.7 Å². The maximum absolute atomic E-state index is 12.2. The molecule has 0 unspecified atom stereocenters. The van der Waals surface area contributed by atoms with Crippen molar-refractivity contribution in [1.82, 2.24) is 34.1 Å². The smallest absolute Gasteiger partial charge is 0.246 e. The molecule has 1 amide bonds. The Morgan fingerprint density at radius 1 is 1.11 bits per heavy atom. The molecule has 1 aromatic carbocycles. The van der Waals surface area contributed by atoms with E-state index in [4.69, 9.17) is 12.6 Å². The lowest BCUT2D eigenvalue weighted by Gasteiger charge is -2.38. The van der Waals surface area contributed by atoms with Gasteiger partial charge >= 0.3 is 0 Å². The quantitative estimate of drug-likeness (QED) is 0.274. The van der Waals surface area contributed by atoms with Crippen LogP contribution in [0, 0.1) is 6.92 Å². The summed E-state index contributed by atoms with van der Waals surface area (Å²) < 4.78 is 9.59. The van der Waals surface area contributed by atoms with Crippen LogP contribution in [0.1, 0.15) is 17.0 Å². The Kier molecular flexibility index (Phi) is 5.80. The highest BCUT2D eigenvalue weighted by atomic mass is 16.5. The van der Waals surface area contributed by atoms with Crippen molar-refractivity contribution in [3.05, 3.63) is 84.7 Å². The van der Waals surface area contributed by atoms with Crippen LogP contribution >= 0.6 is 0 Å². The van der Waals surface area contributed by atoms with E-state index in [1.807, 2.05) is 60.2 Å². The van der Waals surface area contributed by atoms with Crippen LogP contribution in [0.4, 0.5) is 11.5 Å². The molecule has 5 aromatic rings. The van der Waals surface area contributed by atoms with Crippen LogP contribution in [0.15, 0.2) is 73.6 Å². The van der Waals surface area contributed by atoms with Crippen LogP contribution < -0.4 is 10.1 Å². The maximum Gasteiger partial charge on any atom is 0.246 e. The molecule has 1 aliphatic heterocycles. The fourth-order valence-electron chi connectivity index (χ4n) is 4.49. The van der Waals surface area contributed by atoms with Crippen molar-refractivity contribution in [2.75, 3.05) is 18.4 Å². The summed E-state index contributed by atoms with van der Waals surface area (Å²) >= 11 is 0. The van der Waals surface area contributed by atoms with Gasteiger partial charge in [-0.3, -0.25) is 4.79 Å². The number of aromatic nitrogens is 6. The number of allylic oxidation sites excluding steroid dienone is 1. The van der Waals surface area contributed by atoms with Crippen molar-refractivity contribution in [3.63, 3.8) is 0 Å². The first kappa shape index (κ1) is 22.8. The summed E-state index contributed by atoms with van der Waals surface area (Å²) in [6.45, 7) is 3.29. The number of pyridine rings is 1. The first-order valence-corrected chi connectivity index (χ1v) is 11.9. The third-order valence-electron chi connectivity index (χ3n) is 6.43. The number of anilines is 2. The van der Waals surface area contributed by atoms with E-state index in [1.54, 1.807) is 15.5 Å². The highest BCUT2D eigenvalue weighted by molar-refractivity contribution is 6.10. The lowest BCUT2D eigenvalue weighted by Crippen LogP contribution is -2.47. The van der Waals surface area contributed by atoms with Crippen LogP contribution in [0.25, 0.3) is 11.2 Å². The van der Waals surface area contributed by atoms with Crippen molar-refractivity contribution < 1.29 is 9.53 Å². The number of nitrogens with one attached hydrogen (secondary N) is 1. The summed E-state index contributed by atoms with van der Waals surface area (Å²) in [5.74, 6) is 2.33. The predicted octanol–water partition coefficient (Wildman–Crippen LogP) is 3.69. The Balaban J connectivity index is 1.20. The van der Waals surface area contributed by atoms with Gasteiger partial charge in [-0.2, -0.15) is 10.2 Å². The molecule has 5 heterocycles. The largest absolute Gasteiger partial charge is 0.457 e. The normalized spacial score (nSPS) is 13.9. The molecular formula is C26H23BN8O2. The number of likely N-dealkylation sites (tertiary alicyclic amines) is 1. The fourth-order valence-corrected chi connectivity index (χ4v) is 4.49.